The summed E-state index contributed by atoms with van der Waals surface area (Å²) in [6.07, 6.45) is 7.86. The monoisotopic (exact) mass is 255 g/mol. The fraction of sp³-hybridized carbons (Fsp3) is 0.231. The van der Waals surface area contributed by atoms with Gasteiger partial charge in [0.15, 0.2) is 5.69 Å². The molecule has 2 aromatic heterocycles. The summed E-state index contributed by atoms with van der Waals surface area (Å²) in [4.78, 5) is 15.8. The molecule has 1 amide bonds. The Morgan fingerprint density at radius 3 is 3.05 bits per heavy atom. The summed E-state index contributed by atoms with van der Waals surface area (Å²) < 4.78 is 0. The van der Waals surface area contributed by atoms with Gasteiger partial charge < -0.3 is 0 Å². The van der Waals surface area contributed by atoms with Gasteiger partial charge >= 0.3 is 0 Å². The van der Waals surface area contributed by atoms with Crippen LogP contribution in [0.5, 0.6) is 0 Å². The second-order valence-corrected chi connectivity index (χ2v) is 4.36. The number of rotatable bonds is 3. The van der Waals surface area contributed by atoms with Crippen molar-refractivity contribution < 1.29 is 4.79 Å². The number of fused-ring (bicyclic) bond motifs is 1. The molecule has 0 aromatic carbocycles. The van der Waals surface area contributed by atoms with Crippen molar-refractivity contribution >= 4 is 12.1 Å². The lowest BCUT2D eigenvalue weighted by Crippen LogP contribution is -2.19. The number of pyridine rings is 1. The average Bonchev–Trinajstić information content (AvgIpc) is 3.02. The molecule has 0 radical (unpaired) electrons. The van der Waals surface area contributed by atoms with Crippen molar-refractivity contribution in [2.45, 2.75) is 19.3 Å². The van der Waals surface area contributed by atoms with Gasteiger partial charge in [0.05, 0.1) is 6.21 Å². The highest BCUT2D eigenvalue weighted by molar-refractivity contribution is 5.94. The number of nitrogens with one attached hydrogen (secondary N) is 2. The lowest BCUT2D eigenvalue weighted by atomic mass is 10.2. The summed E-state index contributed by atoms with van der Waals surface area (Å²) in [5.41, 5.74) is 5.92. The Morgan fingerprint density at radius 2 is 2.21 bits per heavy atom. The van der Waals surface area contributed by atoms with Crippen LogP contribution in [0.15, 0.2) is 29.6 Å². The molecular weight excluding hydrogens is 242 g/mol. The van der Waals surface area contributed by atoms with Crippen LogP contribution in [-0.2, 0) is 12.8 Å². The molecule has 2 aromatic rings. The Labute approximate surface area is 110 Å². The van der Waals surface area contributed by atoms with Gasteiger partial charge in [0.1, 0.15) is 0 Å². The van der Waals surface area contributed by atoms with Crippen molar-refractivity contribution in [3.63, 3.8) is 0 Å². The van der Waals surface area contributed by atoms with Gasteiger partial charge in [-0.1, -0.05) is 0 Å². The molecule has 6 nitrogen and oxygen atoms in total. The maximum Gasteiger partial charge on any atom is 0.292 e. The Balaban J connectivity index is 1.67. The van der Waals surface area contributed by atoms with Crippen molar-refractivity contribution in [2.24, 2.45) is 5.10 Å². The summed E-state index contributed by atoms with van der Waals surface area (Å²) in [7, 11) is 0. The van der Waals surface area contributed by atoms with Gasteiger partial charge in [-0.05, 0) is 37.0 Å². The third-order valence-electron chi connectivity index (χ3n) is 3.11. The minimum absolute atomic E-state index is 0.273. The Kier molecular flexibility index (Phi) is 3.06. The molecule has 0 atom stereocenters. The first-order valence-electron chi connectivity index (χ1n) is 6.14. The van der Waals surface area contributed by atoms with Crippen LogP contribution < -0.4 is 5.43 Å². The topological polar surface area (TPSA) is 83.0 Å². The number of carbonyl (C=O) groups is 1. The number of hydrogen-bond donors (Lipinski definition) is 2. The molecule has 0 saturated heterocycles. The van der Waals surface area contributed by atoms with E-state index < -0.39 is 0 Å². The zero-order chi connectivity index (χ0) is 13.1. The molecule has 0 unspecified atom stereocenters. The van der Waals surface area contributed by atoms with Gasteiger partial charge in [-0.25, -0.2) is 5.43 Å². The lowest BCUT2D eigenvalue weighted by Gasteiger charge is -1.97. The smallest absolute Gasteiger partial charge is 0.281 e. The van der Waals surface area contributed by atoms with Crippen molar-refractivity contribution in [1.82, 2.24) is 20.6 Å². The summed E-state index contributed by atoms with van der Waals surface area (Å²) in [5.74, 6) is -0.273. The molecule has 0 fully saturated rings. The molecule has 1 aliphatic carbocycles. The van der Waals surface area contributed by atoms with Gasteiger partial charge in [0.25, 0.3) is 5.91 Å². The second kappa shape index (κ2) is 5.01. The highest BCUT2D eigenvalue weighted by Gasteiger charge is 2.22. The molecule has 0 bridgehead atoms. The molecule has 96 valence electrons. The summed E-state index contributed by atoms with van der Waals surface area (Å²) in [5, 5.41) is 10.9. The lowest BCUT2D eigenvalue weighted by molar-refractivity contribution is 0.0949. The largest absolute Gasteiger partial charge is 0.292 e. The first kappa shape index (κ1) is 11.6. The third-order valence-corrected chi connectivity index (χ3v) is 3.11. The number of aryl methyl sites for hydroxylation is 1. The molecule has 1 aliphatic rings. The highest BCUT2D eigenvalue weighted by atomic mass is 16.2. The zero-order valence-electron chi connectivity index (χ0n) is 10.3. The van der Waals surface area contributed by atoms with E-state index in [2.05, 4.69) is 25.7 Å². The fourth-order valence-corrected chi connectivity index (χ4v) is 2.18. The minimum Gasteiger partial charge on any atom is -0.281 e. The second-order valence-electron chi connectivity index (χ2n) is 4.36. The standard InChI is InChI=1S/C13H13N5O/c19-13(12-10-2-1-3-11(10)16-17-12)18-15-8-9-4-6-14-7-5-9/h4-8H,1-3H2,(H,16,17)(H,18,19)/b15-8+. The number of nitrogens with zero attached hydrogens (tertiary/aromatic N) is 3. The molecule has 19 heavy (non-hydrogen) atoms. The normalized spacial score (nSPS) is 13.7. The van der Waals surface area contributed by atoms with E-state index in [1.165, 1.54) is 0 Å². The predicted molar refractivity (Wildman–Crippen MR) is 69.9 cm³/mol. The summed E-state index contributed by atoms with van der Waals surface area (Å²) >= 11 is 0. The van der Waals surface area contributed by atoms with E-state index in [-0.39, 0.29) is 5.91 Å². The number of hydrogen-bond acceptors (Lipinski definition) is 4. The predicted octanol–water partition coefficient (Wildman–Crippen LogP) is 1.06. The maximum absolute atomic E-state index is 11.9. The van der Waals surface area contributed by atoms with Crippen molar-refractivity contribution in [3.8, 4) is 0 Å². The van der Waals surface area contributed by atoms with Crippen molar-refractivity contribution in [1.29, 1.82) is 0 Å². The van der Waals surface area contributed by atoms with Crippen LogP contribution in [0.25, 0.3) is 0 Å². The van der Waals surface area contributed by atoms with Crippen LogP contribution in [0.2, 0.25) is 0 Å². The van der Waals surface area contributed by atoms with Gasteiger partial charge in [0.2, 0.25) is 0 Å². The SMILES string of the molecule is O=C(N/N=C/c1ccncc1)c1n[nH]c2c1CCC2. The Bertz CT molecular complexity index is 617. The number of hydrazone groups is 1. The van der Waals surface area contributed by atoms with Crippen LogP contribution in [0.1, 0.15) is 33.7 Å². The van der Waals surface area contributed by atoms with E-state index in [0.717, 1.165) is 36.1 Å². The molecular formula is C13H13N5O. The molecule has 0 aliphatic heterocycles. The number of H-pyrrole nitrogens is 1. The van der Waals surface area contributed by atoms with Crippen molar-refractivity contribution in [3.05, 3.63) is 47.0 Å². The summed E-state index contributed by atoms with van der Waals surface area (Å²) in [6.45, 7) is 0. The van der Waals surface area contributed by atoms with E-state index in [1.54, 1.807) is 18.6 Å². The first-order chi connectivity index (χ1) is 9.34. The van der Waals surface area contributed by atoms with E-state index in [4.69, 9.17) is 0 Å². The molecule has 3 rings (SSSR count). The van der Waals surface area contributed by atoms with Gasteiger partial charge in [0, 0.05) is 23.7 Å². The van der Waals surface area contributed by atoms with E-state index in [9.17, 15) is 4.79 Å². The van der Waals surface area contributed by atoms with Crippen LogP contribution in [0.3, 0.4) is 0 Å². The quantitative estimate of drug-likeness (QED) is 0.635. The molecule has 6 heteroatoms. The fourth-order valence-electron chi connectivity index (χ4n) is 2.18. The molecule has 2 N–H and O–H groups in total. The molecule has 2 heterocycles. The van der Waals surface area contributed by atoms with Crippen LogP contribution >= 0.6 is 0 Å². The number of carbonyl (C=O) groups excluding carboxylic acids is 1. The van der Waals surface area contributed by atoms with Crippen LogP contribution in [0, 0.1) is 0 Å². The first-order valence-corrected chi connectivity index (χ1v) is 6.14. The van der Waals surface area contributed by atoms with Crippen molar-refractivity contribution in [2.75, 3.05) is 0 Å². The molecule has 0 saturated carbocycles. The number of aromatic amines is 1. The van der Waals surface area contributed by atoms with Gasteiger partial charge in [-0.15, -0.1) is 0 Å². The van der Waals surface area contributed by atoms with Gasteiger partial charge in [-0.2, -0.15) is 10.2 Å². The maximum atomic E-state index is 11.9. The van der Waals surface area contributed by atoms with Crippen LogP contribution in [0.4, 0.5) is 0 Å². The molecule has 0 spiro atoms. The van der Waals surface area contributed by atoms with Crippen LogP contribution in [-0.4, -0.2) is 27.3 Å². The number of aromatic nitrogens is 3. The Hall–Kier alpha value is -2.50. The average molecular weight is 255 g/mol. The summed E-state index contributed by atoms with van der Waals surface area (Å²) in [6, 6.07) is 3.61. The third kappa shape index (κ3) is 2.37. The van der Waals surface area contributed by atoms with E-state index in [1.807, 2.05) is 12.1 Å². The van der Waals surface area contributed by atoms with E-state index in [0.29, 0.717) is 5.69 Å². The zero-order valence-corrected chi connectivity index (χ0v) is 10.3. The van der Waals surface area contributed by atoms with E-state index >= 15 is 0 Å². The highest BCUT2D eigenvalue weighted by Crippen LogP contribution is 2.22. The minimum atomic E-state index is -0.273. The van der Waals surface area contributed by atoms with Gasteiger partial charge in [-0.3, -0.25) is 14.9 Å². The number of amides is 1. The Morgan fingerprint density at radius 1 is 1.37 bits per heavy atom.